The summed E-state index contributed by atoms with van der Waals surface area (Å²) in [6.45, 7) is 0. The van der Waals surface area contributed by atoms with Crippen molar-refractivity contribution < 1.29 is 10.2 Å². The minimum atomic E-state index is 0.204. The van der Waals surface area contributed by atoms with Crippen molar-refractivity contribution in [3.63, 3.8) is 0 Å². The highest BCUT2D eigenvalue weighted by atomic mass is 16.3. The molecule has 0 aliphatic heterocycles. The molecule has 6 nitrogen and oxygen atoms in total. The number of rotatable bonds is 0. The number of hydrogen-bond acceptors (Lipinski definition) is 4. The largest absolute Gasteiger partial charge is 0.507 e. The van der Waals surface area contributed by atoms with Gasteiger partial charge in [-0.05, 0) is 47.2 Å². The molecule has 6 heteroatoms. The second kappa shape index (κ2) is 5.18. The molecule has 4 aromatic heterocycles. The Kier molecular flexibility index (Phi) is 2.69. The number of pyridine rings is 2. The van der Waals surface area contributed by atoms with Crippen LogP contribution in [0.25, 0.3) is 54.9 Å². The predicted octanol–water partition coefficient (Wildman–Crippen LogP) is 5.01. The van der Waals surface area contributed by atoms with E-state index in [1.807, 2.05) is 69.7 Å². The van der Waals surface area contributed by atoms with Crippen molar-refractivity contribution in [2.24, 2.45) is 0 Å². The number of fused-ring (bicyclic) bond motifs is 11. The molecule has 7 rings (SSSR count). The van der Waals surface area contributed by atoms with Gasteiger partial charge >= 0.3 is 0 Å². The Morgan fingerprint density at radius 2 is 1.03 bits per heavy atom. The van der Waals surface area contributed by atoms with Crippen molar-refractivity contribution in [3.8, 4) is 11.5 Å². The van der Waals surface area contributed by atoms with E-state index in [1.54, 1.807) is 12.1 Å². The molecule has 0 unspecified atom stereocenters. The smallest absolute Gasteiger partial charge is 0.149 e. The van der Waals surface area contributed by atoms with Crippen LogP contribution in [0.4, 0.5) is 0 Å². The van der Waals surface area contributed by atoms with E-state index in [1.165, 1.54) is 0 Å². The van der Waals surface area contributed by atoms with Gasteiger partial charge in [-0.3, -0.25) is 8.80 Å². The summed E-state index contributed by atoms with van der Waals surface area (Å²) < 4.78 is 3.97. The molecule has 142 valence electrons. The van der Waals surface area contributed by atoms with Gasteiger partial charge in [0.1, 0.15) is 33.8 Å². The van der Waals surface area contributed by atoms with E-state index in [2.05, 4.69) is 0 Å². The molecule has 0 aliphatic rings. The monoisotopic (exact) mass is 390 g/mol. The highest BCUT2D eigenvalue weighted by Crippen LogP contribution is 2.35. The van der Waals surface area contributed by atoms with E-state index in [0.717, 1.165) is 43.6 Å². The molecule has 0 radical (unpaired) electrons. The molecular weight excluding hydrogens is 376 g/mol. The summed E-state index contributed by atoms with van der Waals surface area (Å²) in [4.78, 5) is 9.79. The third kappa shape index (κ3) is 1.78. The Bertz CT molecular complexity index is 1690. The number of imidazole rings is 2. The molecule has 0 saturated carbocycles. The van der Waals surface area contributed by atoms with Crippen LogP contribution in [0.15, 0.2) is 73.1 Å². The number of phenolic OH excluding ortho intramolecular Hbond substituents is 2. The minimum absolute atomic E-state index is 0.204. The quantitative estimate of drug-likeness (QED) is 0.382. The molecule has 0 fully saturated rings. The fourth-order valence-corrected chi connectivity index (χ4v) is 4.56. The fraction of sp³-hybridized carbons (Fsp3) is 0. The molecule has 0 bridgehead atoms. The standard InChI is InChI=1S/C24H14N4O2/c29-17-5-1-3-13-9-11-27-15-7-8-16-22(21(15)25-23(27)19(13)17)26-24-20-14(10-12-28(16)24)4-2-6-18(20)30/h1-12,29-30H. The molecule has 2 N–H and O–H groups in total. The Morgan fingerprint density at radius 1 is 0.567 bits per heavy atom. The topological polar surface area (TPSA) is 75.1 Å². The van der Waals surface area contributed by atoms with Crippen molar-refractivity contribution in [2.75, 3.05) is 0 Å². The second-order valence-electron chi connectivity index (χ2n) is 7.53. The van der Waals surface area contributed by atoms with Crippen molar-refractivity contribution in [3.05, 3.63) is 73.1 Å². The Hall–Kier alpha value is -4.32. The molecule has 7 aromatic rings. The summed E-state index contributed by atoms with van der Waals surface area (Å²) in [5, 5.41) is 24.2. The molecule has 0 saturated heterocycles. The summed E-state index contributed by atoms with van der Waals surface area (Å²) in [5.74, 6) is 0.408. The van der Waals surface area contributed by atoms with Crippen LogP contribution in [0.5, 0.6) is 11.5 Å². The van der Waals surface area contributed by atoms with Crippen molar-refractivity contribution in [2.45, 2.75) is 0 Å². The van der Waals surface area contributed by atoms with Crippen LogP contribution in [-0.4, -0.2) is 29.0 Å². The van der Waals surface area contributed by atoms with Gasteiger partial charge in [0.15, 0.2) is 0 Å². The highest BCUT2D eigenvalue weighted by Gasteiger charge is 2.17. The Labute approximate surface area is 168 Å². The van der Waals surface area contributed by atoms with Gasteiger partial charge < -0.3 is 10.2 Å². The first-order valence-electron chi connectivity index (χ1n) is 9.65. The zero-order valence-corrected chi connectivity index (χ0v) is 15.6. The molecule has 0 amide bonds. The van der Waals surface area contributed by atoms with Gasteiger partial charge in [0.25, 0.3) is 0 Å². The van der Waals surface area contributed by atoms with E-state index in [9.17, 15) is 10.2 Å². The Morgan fingerprint density at radius 3 is 1.50 bits per heavy atom. The van der Waals surface area contributed by atoms with Crippen LogP contribution < -0.4 is 0 Å². The first-order chi connectivity index (χ1) is 14.7. The van der Waals surface area contributed by atoms with E-state index in [0.29, 0.717) is 11.3 Å². The van der Waals surface area contributed by atoms with Crippen LogP contribution >= 0.6 is 0 Å². The third-order valence-electron chi connectivity index (χ3n) is 5.92. The minimum Gasteiger partial charge on any atom is -0.507 e. The van der Waals surface area contributed by atoms with E-state index in [4.69, 9.17) is 9.97 Å². The van der Waals surface area contributed by atoms with Gasteiger partial charge in [0.2, 0.25) is 0 Å². The summed E-state index contributed by atoms with van der Waals surface area (Å²) in [5.41, 5.74) is 4.74. The zero-order chi connectivity index (χ0) is 20.0. The summed E-state index contributed by atoms with van der Waals surface area (Å²) in [6.07, 6.45) is 3.94. The lowest BCUT2D eigenvalue weighted by atomic mass is 10.1. The number of phenols is 2. The van der Waals surface area contributed by atoms with Gasteiger partial charge in [-0.15, -0.1) is 0 Å². The van der Waals surface area contributed by atoms with Gasteiger partial charge in [-0.1, -0.05) is 24.3 Å². The van der Waals surface area contributed by atoms with Crippen LogP contribution in [-0.2, 0) is 0 Å². The zero-order valence-electron chi connectivity index (χ0n) is 15.6. The predicted molar refractivity (Wildman–Crippen MR) is 117 cm³/mol. The molecule has 0 atom stereocenters. The first kappa shape index (κ1) is 15.6. The first-order valence-corrected chi connectivity index (χ1v) is 9.65. The number of benzene rings is 3. The maximum Gasteiger partial charge on any atom is 0.149 e. The third-order valence-corrected chi connectivity index (χ3v) is 5.92. The second-order valence-corrected chi connectivity index (χ2v) is 7.53. The summed E-state index contributed by atoms with van der Waals surface area (Å²) >= 11 is 0. The van der Waals surface area contributed by atoms with E-state index in [-0.39, 0.29) is 11.5 Å². The average molecular weight is 390 g/mol. The normalized spacial score (nSPS) is 12.3. The molecule has 3 aromatic carbocycles. The van der Waals surface area contributed by atoms with Gasteiger partial charge in [-0.25, -0.2) is 9.97 Å². The van der Waals surface area contributed by atoms with Gasteiger partial charge in [0.05, 0.1) is 21.8 Å². The summed E-state index contributed by atoms with van der Waals surface area (Å²) in [6, 6.07) is 18.9. The van der Waals surface area contributed by atoms with Gasteiger partial charge in [-0.2, -0.15) is 0 Å². The van der Waals surface area contributed by atoms with Gasteiger partial charge in [0, 0.05) is 12.4 Å². The molecular formula is C24H14N4O2. The van der Waals surface area contributed by atoms with Crippen LogP contribution in [0.3, 0.4) is 0 Å². The van der Waals surface area contributed by atoms with Crippen molar-refractivity contribution in [1.29, 1.82) is 0 Å². The molecule has 30 heavy (non-hydrogen) atoms. The van der Waals surface area contributed by atoms with Crippen molar-refractivity contribution >= 4 is 54.9 Å². The Balaban J connectivity index is 1.71. The number of aromatic hydroxyl groups is 2. The maximum absolute atomic E-state index is 10.5. The molecule has 0 aliphatic carbocycles. The number of nitrogens with zero attached hydrogens (tertiary/aromatic N) is 4. The van der Waals surface area contributed by atoms with E-state index >= 15 is 0 Å². The van der Waals surface area contributed by atoms with Crippen molar-refractivity contribution in [1.82, 2.24) is 18.8 Å². The maximum atomic E-state index is 10.5. The van der Waals surface area contributed by atoms with Crippen LogP contribution in [0.1, 0.15) is 0 Å². The number of aromatic nitrogens is 4. The average Bonchev–Trinajstić information content (AvgIpc) is 3.32. The molecule has 4 heterocycles. The van der Waals surface area contributed by atoms with Crippen LogP contribution in [0.2, 0.25) is 0 Å². The van der Waals surface area contributed by atoms with E-state index < -0.39 is 0 Å². The fourth-order valence-electron chi connectivity index (χ4n) is 4.56. The summed E-state index contributed by atoms with van der Waals surface area (Å²) in [7, 11) is 0. The lowest BCUT2D eigenvalue weighted by Gasteiger charge is -2.03. The van der Waals surface area contributed by atoms with Crippen LogP contribution in [0, 0.1) is 0 Å². The highest BCUT2D eigenvalue weighted by molar-refractivity contribution is 6.10. The lowest BCUT2D eigenvalue weighted by Crippen LogP contribution is -1.87. The SMILES string of the molecule is Oc1cccc2ccn3c4ccc5c(nc6c7c(O)cccc7ccn56)c4nc3c12. The lowest BCUT2D eigenvalue weighted by molar-refractivity contribution is 0.481. The molecule has 0 spiro atoms. The number of hydrogen-bond donors (Lipinski definition) is 2.